The molecule has 0 spiro atoms. The minimum atomic E-state index is -2.37. The van der Waals surface area contributed by atoms with Crippen molar-refractivity contribution in [3.8, 4) is 16.2 Å². The Hall–Kier alpha value is -3.35. The van der Waals surface area contributed by atoms with Gasteiger partial charge < -0.3 is 0 Å². The van der Waals surface area contributed by atoms with Crippen LogP contribution in [-0.4, -0.2) is 0 Å². The van der Waals surface area contributed by atoms with Crippen molar-refractivity contribution in [3.63, 3.8) is 0 Å². The zero-order valence-electron chi connectivity index (χ0n) is 26.3. The molecule has 3 heterocycles. The Bertz CT molecular complexity index is 2200. The van der Waals surface area contributed by atoms with Gasteiger partial charge in [-0.3, -0.25) is 0 Å². The SMILES string of the molecule is CC=C1CCCC1=CC(C#Cc1cc2sc3cc(/C=C/C)sc3c2s1)=C([C]#[Os])[P+](c1ccccc1)(c1ccccc1)c1ccccc1. The summed E-state index contributed by atoms with van der Waals surface area (Å²) >= 11 is 7.42. The maximum atomic E-state index is 3.83. The summed E-state index contributed by atoms with van der Waals surface area (Å²) < 4.78 is 9.28. The first-order chi connectivity index (χ1) is 23.1. The molecule has 47 heavy (non-hydrogen) atoms. The van der Waals surface area contributed by atoms with Gasteiger partial charge in [0.15, 0.2) is 0 Å². The summed E-state index contributed by atoms with van der Waals surface area (Å²) in [5.74, 6) is 7.49. The molecule has 0 nitrogen and oxygen atoms in total. The molecule has 0 amide bonds. The fourth-order valence-electron chi connectivity index (χ4n) is 6.49. The van der Waals surface area contributed by atoms with Gasteiger partial charge in [0, 0.05) is 0 Å². The van der Waals surface area contributed by atoms with E-state index in [0.29, 0.717) is 0 Å². The molecule has 3 aromatic carbocycles. The first-order valence-electron chi connectivity index (χ1n) is 15.8. The molecule has 0 radical (unpaired) electrons. The summed E-state index contributed by atoms with van der Waals surface area (Å²) in [5.41, 5.74) is 3.93. The van der Waals surface area contributed by atoms with Crippen LogP contribution in [0.1, 0.15) is 42.9 Å². The van der Waals surface area contributed by atoms with Crippen LogP contribution in [0.3, 0.4) is 0 Å². The predicted octanol–water partition coefficient (Wildman–Crippen LogP) is 11.4. The van der Waals surface area contributed by atoms with E-state index >= 15 is 0 Å². The molecule has 0 bridgehead atoms. The van der Waals surface area contributed by atoms with Crippen LogP contribution in [0.2, 0.25) is 0 Å². The second-order valence-electron chi connectivity index (χ2n) is 11.4. The van der Waals surface area contributed by atoms with Gasteiger partial charge in [-0.15, -0.1) is 0 Å². The normalized spacial score (nSPS) is 15.8. The van der Waals surface area contributed by atoms with Crippen LogP contribution in [0.25, 0.3) is 24.9 Å². The first-order valence-corrected chi connectivity index (χ1v) is 21.3. The molecule has 0 unspecified atom stereocenters. The van der Waals surface area contributed by atoms with E-state index in [1.807, 2.05) is 52.0 Å². The molecule has 0 saturated heterocycles. The topological polar surface area (TPSA) is 0 Å². The fourth-order valence-corrected chi connectivity index (χ4v) is 16.1. The van der Waals surface area contributed by atoms with Crippen molar-refractivity contribution in [2.75, 3.05) is 0 Å². The van der Waals surface area contributed by atoms with Crippen molar-refractivity contribution in [2.24, 2.45) is 0 Å². The second kappa shape index (κ2) is 14.4. The third-order valence-corrected chi connectivity index (χ3v) is 17.6. The van der Waals surface area contributed by atoms with Gasteiger partial charge in [-0.05, 0) is 6.92 Å². The molecule has 1 fully saturated rings. The van der Waals surface area contributed by atoms with E-state index in [4.69, 9.17) is 0 Å². The zero-order chi connectivity index (χ0) is 32.2. The summed E-state index contributed by atoms with van der Waals surface area (Å²) in [6, 6.07) is 37.9. The molecule has 0 N–H and O–H groups in total. The molecule has 1 aliphatic rings. The number of fused-ring (bicyclic) bond motifs is 3. The Morgan fingerprint density at radius 3 is 1.87 bits per heavy atom. The van der Waals surface area contributed by atoms with Crippen LogP contribution in [-0.2, 0) is 17.9 Å². The van der Waals surface area contributed by atoms with Crippen molar-refractivity contribution in [2.45, 2.75) is 33.1 Å². The minimum absolute atomic E-state index is 1.08. The van der Waals surface area contributed by atoms with Crippen LogP contribution in [0.5, 0.6) is 0 Å². The molecule has 5 heteroatoms. The quantitative estimate of drug-likeness (QED) is 0.116. The number of thiophene rings is 3. The molecule has 231 valence electrons. The van der Waals surface area contributed by atoms with E-state index in [1.165, 1.54) is 62.5 Å². The van der Waals surface area contributed by atoms with Crippen LogP contribution >= 0.6 is 41.3 Å². The molecular formula is C42H33OsPS3+. The average molecular weight is 855 g/mol. The monoisotopic (exact) mass is 856 g/mol. The second-order valence-corrected chi connectivity index (χ2v) is 18.6. The van der Waals surface area contributed by atoms with Gasteiger partial charge in [0.2, 0.25) is 0 Å². The van der Waals surface area contributed by atoms with E-state index in [9.17, 15) is 0 Å². The standard InChI is InChI=1S/C42H33PS3.Os/c1-4-16-37-28-39-41(44-37)42-40(46-39)29-38(45-42)26-25-32(27-33-18-15-17-31(33)5-2)30(3)43(34-19-9-6-10-20-34,35-21-11-7-12-22-35)36-23-13-8-14-24-36;/h4-14,16,19-24,27-29H,15,17-18H2,1-2H3;/q+1;/b16-4+,31-5?,32-30?,33-27?;. The fraction of sp³-hybridized carbons (Fsp3) is 0.119. The Balaban J connectivity index is 1.51. The average Bonchev–Trinajstić information content (AvgIpc) is 3.89. The van der Waals surface area contributed by atoms with Crippen molar-refractivity contribution in [1.82, 2.24) is 0 Å². The zero-order valence-corrected chi connectivity index (χ0v) is 32.2. The van der Waals surface area contributed by atoms with Gasteiger partial charge in [0.1, 0.15) is 0 Å². The predicted molar refractivity (Wildman–Crippen MR) is 208 cm³/mol. The van der Waals surface area contributed by atoms with Crippen molar-refractivity contribution in [3.05, 3.63) is 153 Å². The van der Waals surface area contributed by atoms with Gasteiger partial charge >= 0.3 is 289 Å². The number of allylic oxidation sites excluding steroid dienone is 7. The molecule has 1 aliphatic carbocycles. The third kappa shape index (κ3) is 6.19. The third-order valence-electron chi connectivity index (χ3n) is 8.57. The summed E-state index contributed by atoms with van der Waals surface area (Å²) in [6.07, 6.45) is 12.4. The van der Waals surface area contributed by atoms with Gasteiger partial charge in [0.05, 0.1) is 0 Å². The molecule has 1 saturated carbocycles. The van der Waals surface area contributed by atoms with E-state index in [0.717, 1.165) is 23.3 Å². The molecular weight excluding hydrogens is 822 g/mol. The van der Waals surface area contributed by atoms with Crippen LogP contribution < -0.4 is 15.9 Å². The van der Waals surface area contributed by atoms with E-state index in [1.54, 1.807) is 0 Å². The summed E-state index contributed by atoms with van der Waals surface area (Å²) in [6.45, 7) is 4.25. The number of hydrogen-bond donors (Lipinski definition) is 0. The summed E-state index contributed by atoms with van der Waals surface area (Å²) in [7, 11) is -2.37. The van der Waals surface area contributed by atoms with Crippen molar-refractivity contribution < 1.29 is 17.9 Å². The van der Waals surface area contributed by atoms with E-state index in [-0.39, 0.29) is 0 Å². The van der Waals surface area contributed by atoms with Gasteiger partial charge in [0.25, 0.3) is 0 Å². The van der Waals surface area contributed by atoms with Gasteiger partial charge in [-0.2, -0.15) is 0 Å². The van der Waals surface area contributed by atoms with Crippen LogP contribution in [0.4, 0.5) is 0 Å². The first kappa shape index (κ1) is 32.2. The Labute approximate surface area is 300 Å². The molecule has 3 aromatic heterocycles. The molecule has 0 aliphatic heterocycles. The van der Waals surface area contributed by atoms with E-state index in [2.05, 4.69) is 157 Å². The molecule has 7 rings (SSSR count). The van der Waals surface area contributed by atoms with Crippen LogP contribution in [0, 0.1) is 16.2 Å². The number of benzene rings is 3. The number of rotatable bonds is 6. The van der Waals surface area contributed by atoms with Crippen molar-refractivity contribution >= 4 is 82.1 Å². The van der Waals surface area contributed by atoms with Gasteiger partial charge in [-0.25, -0.2) is 0 Å². The van der Waals surface area contributed by atoms with E-state index < -0.39 is 7.26 Å². The van der Waals surface area contributed by atoms with Crippen LogP contribution in [0.15, 0.2) is 143 Å². The Morgan fingerprint density at radius 1 is 0.723 bits per heavy atom. The number of hydrogen-bond acceptors (Lipinski definition) is 3. The van der Waals surface area contributed by atoms with Gasteiger partial charge in [-0.1, -0.05) is 6.08 Å². The Kier molecular flexibility index (Phi) is 9.87. The van der Waals surface area contributed by atoms with Crippen molar-refractivity contribution in [1.29, 1.82) is 0 Å². The molecule has 6 aromatic rings. The summed E-state index contributed by atoms with van der Waals surface area (Å²) in [4.78, 5) is 2.43. The summed E-state index contributed by atoms with van der Waals surface area (Å²) in [5, 5.41) is 5.15. The molecule has 0 atom stereocenters. The maximum absolute atomic E-state index is 3.83. The Morgan fingerprint density at radius 2 is 1.30 bits per heavy atom.